The quantitative estimate of drug-likeness (QED) is 0.410. The van der Waals surface area contributed by atoms with Crippen LogP contribution in [0, 0.1) is 0 Å². The van der Waals surface area contributed by atoms with Gasteiger partial charge < -0.3 is 16.2 Å². The highest BCUT2D eigenvalue weighted by atomic mass is 16.4. The Hall–Kier alpha value is -4.33. The molecule has 2 aromatic carbocycles. The van der Waals surface area contributed by atoms with Crippen LogP contribution < -0.4 is 11.1 Å². The molecular formula is C24H21N5O3. The molecular weight excluding hydrogens is 406 g/mol. The Morgan fingerprint density at radius 2 is 1.72 bits per heavy atom. The first-order chi connectivity index (χ1) is 15.5. The Balaban J connectivity index is 1.65. The number of fused-ring (bicyclic) bond motifs is 1. The van der Waals surface area contributed by atoms with Gasteiger partial charge in [-0.05, 0) is 29.8 Å². The summed E-state index contributed by atoms with van der Waals surface area (Å²) in [6.07, 6.45) is 0.265. The molecule has 8 heteroatoms. The Kier molecular flexibility index (Phi) is 6.03. The second-order valence-electron chi connectivity index (χ2n) is 7.28. The van der Waals surface area contributed by atoms with Gasteiger partial charge in [-0.25, -0.2) is 15.0 Å². The molecule has 0 fully saturated rings. The van der Waals surface area contributed by atoms with Crippen LogP contribution in [0.1, 0.15) is 24.1 Å². The molecule has 32 heavy (non-hydrogen) atoms. The van der Waals surface area contributed by atoms with E-state index in [1.165, 1.54) is 0 Å². The molecule has 0 unspecified atom stereocenters. The van der Waals surface area contributed by atoms with Gasteiger partial charge in [-0.3, -0.25) is 9.59 Å². The Bertz CT molecular complexity index is 1290. The van der Waals surface area contributed by atoms with Crippen molar-refractivity contribution >= 4 is 34.5 Å². The van der Waals surface area contributed by atoms with Gasteiger partial charge in [0.15, 0.2) is 0 Å². The summed E-state index contributed by atoms with van der Waals surface area (Å²) < 4.78 is 0. The number of carboxylic acids is 1. The van der Waals surface area contributed by atoms with Crippen LogP contribution in [0.25, 0.3) is 22.3 Å². The molecule has 160 valence electrons. The van der Waals surface area contributed by atoms with Crippen LogP contribution in [-0.4, -0.2) is 31.9 Å². The molecule has 4 aromatic rings. The van der Waals surface area contributed by atoms with E-state index in [1.807, 2.05) is 48.5 Å². The number of carbonyl (C=O) groups is 2. The Labute approximate surface area is 184 Å². The lowest BCUT2D eigenvalue weighted by Crippen LogP contribution is -2.13. The van der Waals surface area contributed by atoms with Crippen LogP contribution >= 0.6 is 0 Å². The number of pyridine rings is 1. The van der Waals surface area contributed by atoms with Crippen molar-refractivity contribution in [3.63, 3.8) is 0 Å². The highest BCUT2D eigenvalue weighted by Crippen LogP contribution is 2.25. The zero-order valence-corrected chi connectivity index (χ0v) is 17.2. The Morgan fingerprint density at radius 3 is 2.50 bits per heavy atom. The summed E-state index contributed by atoms with van der Waals surface area (Å²) in [5, 5.41) is 11.5. The number of nitrogens with zero attached hydrogens (tertiary/aromatic N) is 3. The molecule has 0 aliphatic rings. The van der Waals surface area contributed by atoms with Crippen molar-refractivity contribution < 1.29 is 14.7 Å². The fourth-order valence-electron chi connectivity index (χ4n) is 3.37. The third kappa shape index (κ3) is 5.04. The van der Waals surface area contributed by atoms with Crippen molar-refractivity contribution in [2.24, 2.45) is 0 Å². The van der Waals surface area contributed by atoms with Gasteiger partial charge in [0.25, 0.3) is 0 Å². The van der Waals surface area contributed by atoms with Crippen molar-refractivity contribution in [1.82, 2.24) is 15.0 Å². The average Bonchev–Trinajstić information content (AvgIpc) is 2.78. The highest BCUT2D eigenvalue weighted by molar-refractivity contribution is 5.93. The smallest absolute Gasteiger partial charge is 0.303 e. The number of amides is 1. The monoisotopic (exact) mass is 427 g/mol. The summed E-state index contributed by atoms with van der Waals surface area (Å²) in [6.45, 7) is 0. The largest absolute Gasteiger partial charge is 0.481 e. The van der Waals surface area contributed by atoms with Crippen LogP contribution in [0.15, 0.2) is 66.7 Å². The van der Waals surface area contributed by atoms with Crippen molar-refractivity contribution in [2.75, 3.05) is 11.1 Å². The third-order valence-corrected chi connectivity index (χ3v) is 4.85. The first-order valence-corrected chi connectivity index (χ1v) is 10.1. The number of hydrogen-bond donors (Lipinski definition) is 3. The van der Waals surface area contributed by atoms with E-state index in [0.717, 1.165) is 16.8 Å². The van der Waals surface area contributed by atoms with Gasteiger partial charge in [0.2, 0.25) is 11.9 Å². The number of hydrogen-bond acceptors (Lipinski definition) is 6. The molecule has 0 radical (unpaired) electrons. The number of benzene rings is 2. The van der Waals surface area contributed by atoms with E-state index in [-0.39, 0.29) is 24.7 Å². The molecule has 8 nitrogen and oxygen atoms in total. The summed E-state index contributed by atoms with van der Waals surface area (Å²) >= 11 is 0. The third-order valence-electron chi connectivity index (χ3n) is 4.85. The normalized spacial score (nSPS) is 10.8. The molecule has 0 atom stereocenters. The SMILES string of the molecule is Nc1nc(Cc2ccccc2)c2nc(-c3cccc(NC(=O)CCC(=O)O)c3)ccc2n1. The van der Waals surface area contributed by atoms with E-state index in [1.54, 1.807) is 18.2 Å². The number of aromatic nitrogens is 3. The van der Waals surface area contributed by atoms with E-state index in [2.05, 4.69) is 15.3 Å². The lowest BCUT2D eigenvalue weighted by molar-refractivity contribution is -0.138. The van der Waals surface area contributed by atoms with Gasteiger partial charge in [0.1, 0.15) is 5.52 Å². The number of rotatable bonds is 7. The van der Waals surface area contributed by atoms with E-state index in [4.69, 9.17) is 15.8 Å². The molecule has 0 bridgehead atoms. The fraction of sp³-hybridized carbons (Fsp3) is 0.125. The van der Waals surface area contributed by atoms with Crippen molar-refractivity contribution in [1.29, 1.82) is 0 Å². The lowest BCUT2D eigenvalue weighted by atomic mass is 10.1. The Morgan fingerprint density at radius 1 is 0.906 bits per heavy atom. The standard InChI is InChI=1S/C24H21N5O3/c25-24-28-19-10-9-18(27-23(19)20(29-24)13-15-5-2-1-3-6-15)16-7-4-8-17(14-16)26-21(30)11-12-22(31)32/h1-10,14H,11-13H2,(H,26,30)(H,31,32)(H2,25,28,29). The molecule has 0 saturated heterocycles. The molecule has 0 saturated carbocycles. The zero-order chi connectivity index (χ0) is 22.5. The zero-order valence-electron chi connectivity index (χ0n) is 17.2. The summed E-state index contributed by atoms with van der Waals surface area (Å²) in [7, 11) is 0. The molecule has 2 aromatic heterocycles. The van der Waals surface area contributed by atoms with Gasteiger partial charge in [-0.15, -0.1) is 0 Å². The molecule has 1 amide bonds. The van der Waals surface area contributed by atoms with E-state index >= 15 is 0 Å². The maximum Gasteiger partial charge on any atom is 0.303 e. The summed E-state index contributed by atoms with van der Waals surface area (Å²) in [6, 6.07) is 20.8. The second-order valence-corrected chi connectivity index (χ2v) is 7.28. The van der Waals surface area contributed by atoms with Crippen molar-refractivity contribution in [3.05, 3.63) is 78.0 Å². The predicted octanol–water partition coefficient (Wildman–Crippen LogP) is 3.67. The van der Waals surface area contributed by atoms with E-state index < -0.39 is 5.97 Å². The molecule has 2 heterocycles. The minimum absolute atomic E-state index is 0.0879. The molecule has 4 N–H and O–H groups in total. The van der Waals surface area contributed by atoms with Crippen LogP contribution in [0.2, 0.25) is 0 Å². The highest BCUT2D eigenvalue weighted by Gasteiger charge is 2.12. The molecule has 0 aliphatic carbocycles. The van der Waals surface area contributed by atoms with Crippen LogP contribution in [0.4, 0.5) is 11.6 Å². The van der Waals surface area contributed by atoms with Gasteiger partial charge >= 0.3 is 5.97 Å². The number of nitrogen functional groups attached to an aromatic ring is 1. The molecule has 0 spiro atoms. The second kappa shape index (κ2) is 9.22. The number of carbonyl (C=O) groups excluding carboxylic acids is 1. The van der Waals surface area contributed by atoms with E-state index in [9.17, 15) is 9.59 Å². The van der Waals surface area contributed by atoms with Gasteiger partial charge in [0, 0.05) is 24.1 Å². The molecule has 4 rings (SSSR count). The minimum atomic E-state index is -1.01. The number of aliphatic carboxylic acids is 1. The number of nitrogens with one attached hydrogen (secondary N) is 1. The average molecular weight is 427 g/mol. The first kappa shape index (κ1) is 20.9. The molecule has 0 aliphatic heterocycles. The van der Waals surface area contributed by atoms with Gasteiger partial charge in [-0.2, -0.15) is 0 Å². The lowest BCUT2D eigenvalue weighted by Gasteiger charge is -2.10. The minimum Gasteiger partial charge on any atom is -0.481 e. The summed E-state index contributed by atoms with van der Waals surface area (Å²) in [5.41, 5.74) is 11.1. The van der Waals surface area contributed by atoms with Crippen LogP contribution in [0.5, 0.6) is 0 Å². The van der Waals surface area contributed by atoms with Gasteiger partial charge in [0.05, 0.1) is 23.3 Å². The number of anilines is 2. The van der Waals surface area contributed by atoms with E-state index in [0.29, 0.717) is 28.8 Å². The maximum atomic E-state index is 12.0. The van der Waals surface area contributed by atoms with Crippen molar-refractivity contribution in [2.45, 2.75) is 19.3 Å². The topological polar surface area (TPSA) is 131 Å². The number of nitrogens with two attached hydrogens (primary N) is 1. The summed E-state index contributed by atoms with van der Waals surface area (Å²) in [4.78, 5) is 36.1. The number of carboxylic acid groups (broad SMARTS) is 1. The first-order valence-electron chi connectivity index (χ1n) is 10.1. The summed E-state index contributed by atoms with van der Waals surface area (Å²) in [5.74, 6) is -1.17. The van der Waals surface area contributed by atoms with Crippen molar-refractivity contribution in [3.8, 4) is 11.3 Å². The maximum absolute atomic E-state index is 12.0. The fourth-order valence-corrected chi connectivity index (χ4v) is 3.37. The van der Waals surface area contributed by atoms with Crippen LogP contribution in [-0.2, 0) is 16.0 Å². The predicted molar refractivity (Wildman–Crippen MR) is 122 cm³/mol. The van der Waals surface area contributed by atoms with Gasteiger partial charge in [-0.1, -0.05) is 42.5 Å². The van der Waals surface area contributed by atoms with Crippen LogP contribution in [0.3, 0.4) is 0 Å².